The highest BCUT2D eigenvalue weighted by atomic mass is 35.5. The Balaban J connectivity index is 1.60. The minimum atomic E-state index is -0.305. The van der Waals surface area contributed by atoms with E-state index in [1.165, 1.54) is 22.2 Å². The highest BCUT2D eigenvalue weighted by molar-refractivity contribution is 7.17. The summed E-state index contributed by atoms with van der Waals surface area (Å²) in [6, 6.07) is 16.6. The molecule has 1 N–H and O–H groups in total. The molecule has 0 radical (unpaired) electrons. The van der Waals surface area contributed by atoms with Gasteiger partial charge < -0.3 is 5.32 Å². The van der Waals surface area contributed by atoms with Gasteiger partial charge in [0, 0.05) is 21.7 Å². The molecule has 5 nitrogen and oxygen atoms in total. The van der Waals surface area contributed by atoms with Gasteiger partial charge in [0.1, 0.15) is 11.2 Å². The summed E-state index contributed by atoms with van der Waals surface area (Å²) in [7, 11) is 0. The molecule has 0 aliphatic carbocycles. The number of hydrogen-bond donors (Lipinski definition) is 1. The molecule has 2 aromatic carbocycles. The maximum Gasteiger partial charge on any atom is 0.271 e. The van der Waals surface area contributed by atoms with E-state index in [-0.39, 0.29) is 18.0 Å². The Kier molecular flexibility index (Phi) is 4.75. The number of benzene rings is 2. The molecule has 27 heavy (non-hydrogen) atoms. The number of thiophene rings is 1. The maximum atomic E-state index is 12.7. The first-order chi connectivity index (χ1) is 13.1. The van der Waals surface area contributed by atoms with Crippen LogP contribution in [-0.2, 0) is 11.3 Å². The zero-order chi connectivity index (χ0) is 18.8. The van der Waals surface area contributed by atoms with Gasteiger partial charge in [-0.05, 0) is 29.8 Å². The van der Waals surface area contributed by atoms with Gasteiger partial charge in [-0.3, -0.25) is 14.2 Å². The van der Waals surface area contributed by atoms with Gasteiger partial charge in [-0.25, -0.2) is 4.98 Å². The molecule has 0 aliphatic heterocycles. The SMILES string of the molecule is O=C(Cn1cnc2c(-c3ccccc3)csc2c1=O)Nc1ccc(Cl)cc1. The molecule has 0 atom stereocenters. The molecule has 2 heterocycles. The third-order valence-corrected chi connectivity index (χ3v) is 5.28. The lowest BCUT2D eigenvalue weighted by Crippen LogP contribution is -2.27. The Hall–Kier alpha value is -2.96. The lowest BCUT2D eigenvalue weighted by atomic mass is 10.1. The van der Waals surface area contributed by atoms with Gasteiger partial charge in [0.2, 0.25) is 5.91 Å². The van der Waals surface area contributed by atoms with Crippen LogP contribution in [0.5, 0.6) is 0 Å². The summed E-state index contributed by atoms with van der Waals surface area (Å²) in [5, 5.41) is 5.25. The fourth-order valence-electron chi connectivity index (χ4n) is 2.77. The number of carbonyl (C=O) groups excluding carboxylic acids is 1. The van der Waals surface area contributed by atoms with E-state index >= 15 is 0 Å². The van der Waals surface area contributed by atoms with Crippen molar-refractivity contribution in [1.29, 1.82) is 0 Å². The number of carbonyl (C=O) groups is 1. The van der Waals surface area contributed by atoms with Crippen LogP contribution in [0.1, 0.15) is 0 Å². The highest BCUT2D eigenvalue weighted by Gasteiger charge is 2.14. The van der Waals surface area contributed by atoms with E-state index in [0.717, 1.165) is 11.1 Å². The van der Waals surface area contributed by atoms with Crippen molar-refractivity contribution in [2.24, 2.45) is 0 Å². The molecule has 0 saturated carbocycles. The molecule has 7 heteroatoms. The predicted octanol–water partition coefficient (Wildman–Crippen LogP) is 4.42. The quantitative estimate of drug-likeness (QED) is 0.556. The molecule has 0 unspecified atom stereocenters. The molecule has 134 valence electrons. The van der Waals surface area contributed by atoms with E-state index in [1.807, 2.05) is 35.7 Å². The number of halogens is 1. The van der Waals surface area contributed by atoms with Gasteiger partial charge >= 0.3 is 0 Å². The van der Waals surface area contributed by atoms with Crippen molar-refractivity contribution in [3.8, 4) is 11.1 Å². The zero-order valence-electron chi connectivity index (χ0n) is 14.1. The molecule has 2 aromatic heterocycles. The normalized spacial score (nSPS) is 10.9. The second-order valence-electron chi connectivity index (χ2n) is 5.93. The van der Waals surface area contributed by atoms with Crippen molar-refractivity contribution in [2.75, 3.05) is 5.32 Å². The molecule has 1 amide bonds. The minimum Gasteiger partial charge on any atom is -0.325 e. The second kappa shape index (κ2) is 7.34. The molecule has 0 spiro atoms. The molecule has 0 aliphatic rings. The Labute approximate surface area is 163 Å². The smallest absolute Gasteiger partial charge is 0.271 e. The average Bonchev–Trinajstić information content (AvgIpc) is 3.11. The number of amides is 1. The summed E-state index contributed by atoms with van der Waals surface area (Å²) < 4.78 is 1.86. The van der Waals surface area contributed by atoms with Crippen LogP contribution < -0.4 is 10.9 Å². The van der Waals surface area contributed by atoms with Crippen molar-refractivity contribution in [1.82, 2.24) is 9.55 Å². The van der Waals surface area contributed by atoms with Crippen molar-refractivity contribution in [3.63, 3.8) is 0 Å². The first-order valence-corrected chi connectivity index (χ1v) is 9.45. The molecular weight excluding hydrogens is 382 g/mol. The number of hydrogen-bond acceptors (Lipinski definition) is 4. The summed E-state index contributed by atoms with van der Waals surface area (Å²) in [5.74, 6) is -0.305. The van der Waals surface area contributed by atoms with E-state index < -0.39 is 0 Å². The minimum absolute atomic E-state index is 0.108. The summed E-state index contributed by atoms with van der Waals surface area (Å²) in [6.45, 7) is -0.108. The monoisotopic (exact) mass is 395 g/mol. The zero-order valence-corrected chi connectivity index (χ0v) is 15.6. The summed E-state index contributed by atoms with van der Waals surface area (Å²) in [6.07, 6.45) is 1.42. The van der Waals surface area contributed by atoms with Crippen LogP contribution in [0, 0.1) is 0 Å². The van der Waals surface area contributed by atoms with Gasteiger partial charge in [0.15, 0.2) is 0 Å². The number of aromatic nitrogens is 2. The van der Waals surface area contributed by atoms with Crippen LogP contribution in [0.2, 0.25) is 5.02 Å². The topological polar surface area (TPSA) is 64.0 Å². The van der Waals surface area contributed by atoms with Gasteiger partial charge in [-0.1, -0.05) is 41.9 Å². The Morgan fingerprint density at radius 1 is 1.11 bits per heavy atom. The van der Waals surface area contributed by atoms with Crippen molar-refractivity contribution >= 4 is 44.7 Å². The first-order valence-electron chi connectivity index (χ1n) is 8.19. The number of nitrogens with zero attached hydrogens (tertiary/aromatic N) is 2. The third-order valence-electron chi connectivity index (χ3n) is 4.07. The summed E-state index contributed by atoms with van der Waals surface area (Å²) in [4.78, 5) is 29.4. The number of rotatable bonds is 4. The Morgan fingerprint density at radius 3 is 2.59 bits per heavy atom. The van der Waals surface area contributed by atoms with Crippen LogP contribution in [0.15, 0.2) is 71.1 Å². The van der Waals surface area contributed by atoms with E-state index in [4.69, 9.17) is 11.6 Å². The fraction of sp³-hybridized carbons (Fsp3) is 0.0500. The van der Waals surface area contributed by atoms with Crippen LogP contribution >= 0.6 is 22.9 Å². The fourth-order valence-corrected chi connectivity index (χ4v) is 3.87. The molecule has 4 rings (SSSR count). The molecular formula is C20H14ClN3O2S. The van der Waals surface area contributed by atoms with Crippen molar-refractivity contribution in [3.05, 3.63) is 81.7 Å². The third kappa shape index (κ3) is 3.63. The molecule has 4 aromatic rings. The maximum absolute atomic E-state index is 12.7. The molecule has 0 bridgehead atoms. The van der Waals surface area contributed by atoms with Crippen molar-refractivity contribution in [2.45, 2.75) is 6.54 Å². The van der Waals surface area contributed by atoms with E-state index in [1.54, 1.807) is 24.3 Å². The van der Waals surface area contributed by atoms with Crippen LogP contribution in [0.4, 0.5) is 5.69 Å². The molecule has 0 saturated heterocycles. The van der Waals surface area contributed by atoms with E-state index in [0.29, 0.717) is 20.9 Å². The van der Waals surface area contributed by atoms with Crippen molar-refractivity contribution < 1.29 is 4.79 Å². The lowest BCUT2D eigenvalue weighted by molar-refractivity contribution is -0.116. The van der Waals surface area contributed by atoms with E-state index in [2.05, 4.69) is 10.3 Å². The summed E-state index contributed by atoms with van der Waals surface area (Å²) >= 11 is 7.18. The largest absolute Gasteiger partial charge is 0.325 e. The average molecular weight is 396 g/mol. The predicted molar refractivity (Wildman–Crippen MR) is 109 cm³/mol. The Bertz CT molecular complexity index is 1170. The lowest BCUT2D eigenvalue weighted by Gasteiger charge is -2.07. The first kappa shape index (κ1) is 17.5. The highest BCUT2D eigenvalue weighted by Crippen LogP contribution is 2.30. The van der Waals surface area contributed by atoms with E-state index in [9.17, 15) is 9.59 Å². The van der Waals surface area contributed by atoms with Crippen LogP contribution in [0.25, 0.3) is 21.3 Å². The van der Waals surface area contributed by atoms with Gasteiger partial charge in [0.05, 0.1) is 11.8 Å². The number of nitrogens with one attached hydrogen (secondary N) is 1. The second-order valence-corrected chi connectivity index (χ2v) is 7.24. The van der Waals surface area contributed by atoms with Crippen LogP contribution in [-0.4, -0.2) is 15.5 Å². The standard InChI is InChI=1S/C20H14ClN3O2S/c21-14-6-8-15(9-7-14)23-17(25)10-24-12-22-18-16(11-27-19(18)20(24)26)13-4-2-1-3-5-13/h1-9,11-12H,10H2,(H,23,25). The van der Waals surface area contributed by atoms with Gasteiger partial charge in [-0.15, -0.1) is 11.3 Å². The van der Waals surface area contributed by atoms with Gasteiger partial charge in [-0.2, -0.15) is 0 Å². The van der Waals surface area contributed by atoms with Crippen LogP contribution in [0.3, 0.4) is 0 Å². The number of anilines is 1. The van der Waals surface area contributed by atoms with Gasteiger partial charge in [0.25, 0.3) is 5.56 Å². The molecule has 0 fully saturated rings. The Morgan fingerprint density at radius 2 is 1.85 bits per heavy atom. The summed E-state index contributed by atoms with van der Waals surface area (Å²) in [5.41, 5.74) is 2.98. The number of fused-ring (bicyclic) bond motifs is 1.